The third-order valence-corrected chi connectivity index (χ3v) is 6.97. The van der Waals surface area contributed by atoms with Crippen molar-refractivity contribution in [2.45, 2.75) is 50.9 Å². The van der Waals surface area contributed by atoms with Gasteiger partial charge >= 0.3 is 5.97 Å². The minimum Gasteiger partial charge on any atom is -0.461 e. The van der Waals surface area contributed by atoms with Gasteiger partial charge in [-0.1, -0.05) is 68.1 Å². The number of carbonyl (C=O) groups excluding carboxylic acids is 2. The van der Waals surface area contributed by atoms with Crippen LogP contribution in [-0.2, 0) is 14.9 Å². The molecule has 0 aliphatic heterocycles. The van der Waals surface area contributed by atoms with Crippen LogP contribution >= 0.6 is 11.6 Å². The predicted molar refractivity (Wildman–Crippen MR) is 143 cm³/mol. The van der Waals surface area contributed by atoms with Gasteiger partial charge in [-0.15, -0.1) is 0 Å². The Balaban J connectivity index is 1.79. The summed E-state index contributed by atoms with van der Waals surface area (Å²) in [5.41, 5.74) is 1.18. The lowest BCUT2D eigenvalue weighted by Gasteiger charge is -2.28. The van der Waals surface area contributed by atoms with Gasteiger partial charge in [0.25, 0.3) is 0 Å². The van der Waals surface area contributed by atoms with Crippen molar-refractivity contribution in [1.82, 2.24) is 9.55 Å². The molecule has 0 saturated heterocycles. The second-order valence-corrected chi connectivity index (χ2v) is 9.85. The van der Waals surface area contributed by atoms with E-state index in [1.54, 1.807) is 4.57 Å². The molecule has 1 heterocycles. The van der Waals surface area contributed by atoms with E-state index >= 15 is 0 Å². The number of nitrogens with one attached hydrogen (secondary N) is 1. The molecule has 0 bridgehead atoms. The Bertz CT molecular complexity index is 1200. The lowest BCUT2D eigenvalue weighted by Crippen LogP contribution is -2.38. The molecule has 0 unspecified atom stereocenters. The molecule has 1 aromatic heterocycles. The topological polar surface area (TPSA) is 76.5 Å². The number of para-hydroxylation sites is 1. The van der Waals surface area contributed by atoms with Gasteiger partial charge in [0, 0.05) is 24.8 Å². The van der Waals surface area contributed by atoms with Crippen LogP contribution in [0, 0.1) is 0 Å². The minimum atomic E-state index is -0.706. The molecule has 7 nitrogen and oxygen atoms in total. The second-order valence-electron chi connectivity index (χ2n) is 9.41. The van der Waals surface area contributed by atoms with E-state index in [0.717, 1.165) is 49.8 Å². The number of unbranched alkanes of at least 4 members (excludes halogenated alkanes) is 1. The number of nitrogens with zero attached hydrogens (tertiary/aromatic N) is 3. The van der Waals surface area contributed by atoms with Crippen LogP contribution in [0.3, 0.4) is 0 Å². The van der Waals surface area contributed by atoms with Crippen LogP contribution < -0.4 is 10.2 Å². The van der Waals surface area contributed by atoms with Gasteiger partial charge in [0.05, 0.1) is 12.0 Å². The fraction of sp³-hybridized carbons (Fsp3) is 0.393. The molecule has 1 aliphatic rings. The highest BCUT2D eigenvalue weighted by molar-refractivity contribution is 6.30. The Labute approximate surface area is 217 Å². The van der Waals surface area contributed by atoms with E-state index < -0.39 is 11.4 Å². The number of rotatable bonds is 9. The summed E-state index contributed by atoms with van der Waals surface area (Å²) in [6, 6.07) is 17.0. The molecule has 1 fully saturated rings. The highest BCUT2D eigenvalue weighted by Crippen LogP contribution is 2.43. The number of aromatic nitrogens is 2. The summed E-state index contributed by atoms with van der Waals surface area (Å²) < 4.78 is 7.35. The molecular formula is C28H33ClN4O3. The summed E-state index contributed by atoms with van der Waals surface area (Å²) in [6.07, 6.45) is 4.99. The van der Waals surface area contributed by atoms with Crippen molar-refractivity contribution in [1.29, 1.82) is 0 Å². The van der Waals surface area contributed by atoms with Crippen LogP contribution in [0.15, 0.2) is 54.6 Å². The van der Waals surface area contributed by atoms with E-state index in [1.807, 2.05) is 80.5 Å². The average Bonchev–Trinajstić information content (AvgIpc) is 3.51. The average molecular weight is 509 g/mol. The second kappa shape index (κ2) is 11.2. The van der Waals surface area contributed by atoms with Crippen molar-refractivity contribution >= 4 is 35.2 Å². The number of carbonyl (C=O) groups is 2. The first-order chi connectivity index (χ1) is 17.4. The number of hydrogen-bond acceptors (Lipinski definition) is 5. The van der Waals surface area contributed by atoms with Gasteiger partial charge < -0.3 is 15.0 Å². The van der Waals surface area contributed by atoms with E-state index in [4.69, 9.17) is 21.3 Å². The zero-order chi connectivity index (χ0) is 25.7. The molecule has 1 saturated carbocycles. The van der Waals surface area contributed by atoms with Gasteiger partial charge in [0.1, 0.15) is 0 Å². The van der Waals surface area contributed by atoms with Crippen molar-refractivity contribution in [2.24, 2.45) is 0 Å². The third-order valence-electron chi connectivity index (χ3n) is 6.72. The maximum atomic E-state index is 13.9. The zero-order valence-electron chi connectivity index (χ0n) is 21.1. The molecular weight excluding hydrogens is 476 g/mol. The largest absolute Gasteiger partial charge is 0.461 e. The van der Waals surface area contributed by atoms with Crippen molar-refractivity contribution in [3.05, 3.63) is 70.9 Å². The molecule has 0 radical (unpaired) electrons. The molecule has 1 amide bonds. The normalized spacial score (nSPS) is 14.4. The quantitative estimate of drug-likeness (QED) is 0.283. The molecule has 8 heteroatoms. The predicted octanol–water partition coefficient (Wildman–Crippen LogP) is 6.00. The van der Waals surface area contributed by atoms with Crippen LogP contribution in [-0.4, -0.2) is 42.1 Å². The lowest BCUT2D eigenvalue weighted by molar-refractivity contribution is -0.121. The molecule has 2 aromatic carbocycles. The van der Waals surface area contributed by atoms with Gasteiger partial charge in [-0.25, -0.2) is 4.79 Å². The first-order valence-corrected chi connectivity index (χ1v) is 12.9. The molecule has 3 aromatic rings. The van der Waals surface area contributed by atoms with Crippen molar-refractivity contribution in [2.75, 3.05) is 30.9 Å². The molecule has 0 atom stereocenters. The lowest BCUT2D eigenvalue weighted by atomic mass is 9.78. The SMILES string of the molecule is CCCCOC(=O)c1c(NC(=O)C2(c3ccc(Cl)cc3)CCCC2)nc(N(C)C)n1-c1ccccc1. The number of benzene rings is 2. The summed E-state index contributed by atoms with van der Waals surface area (Å²) in [6.45, 7) is 2.34. The molecule has 36 heavy (non-hydrogen) atoms. The highest BCUT2D eigenvalue weighted by atomic mass is 35.5. The van der Waals surface area contributed by atoms with Gasteiger partial charge in [0.15, 0.2) is 11.5 Å². The first kappa shape index (κ1) is 25.8. The first-order valence-electron chi connectivity index (χ1n) is 12.5. The summed E-state index contributed by atoms with van der Waals surface area (Å²) in [5, 5.41) is 3.66. The minimum absolute atomic E-state index is 0.173. The summed E-state index contributed by atoms with van der Waals surface area (Å²) >= 11 is 6.12. The Morgan fingerprint density at radius 1 is 1.08 bits per heavy atom. The number of ether oxygens (including phenoxy) is 1. The molecule has 190 valence electrons. The maximum Gasteiger partial charge on any atom is 0.359 e. The summed E-state index contributed by atoms with van der Waals surface area (Å²) in [5.74, 6) is 0.0308. The highest BCUT2D eigenvalue weighted by Gasteiger charge is 2.43. The molecule has 0 spiro atoms. The fourth-order valence-corrected chi connectivity index (χ4v) is 4.93. The van der Waals surface area contributed by atoms with Gasteiger partial charge in [-0.3, -0.25) is 9.36 Å². The Kier molecular flexibility index (Phi) is 7.99. The fourth-order valence-electron chi connectivity index (χ4n) is 4.80. The van der Waals surface area contributed by atoms with Crippen molar-refractivity contribution < 1.29 is 14.3 Å². The zero-order valence-corrected chi connectivity index (χ0v) is 21.8. The maximum absolute atomic E-state index is 13.9. The molecule has 1 aliphatic carbocycles. The van der Waals surface area contributed by atoms with Crippen LogP contribution in [0.2, 0.25) is 5.02 Å². The monoisotopic (exact) mass is 508 g/mol. The van der Waals surface area contributed by atoms with Crippen LogP contribution in [0.4, 0.5) is 11.8 Å². The molecule has 1 N–H and O–H groups in total. The number of imidazole rings is 1. The third kappa shape index (κ3) is 5.12. The Morgan fingerprint density at radius 3 is 2.36 bits per heavy atom. The van der Waals surface area contributed by atoms with Gasteiger partial charge in [-0.05, 0) is 49.1 Å². The number of amides is 1. The Hall–Kier alpha value is -3.32. The van der Waals surface area contributed by atoms with E-state index in [-0.39, 0.29) is 17.4 Å². The van der Waals surface area contributed by atoms with E-state index in [1.165, 1.54) is 0 Å². The van der Waals surface area contributed by atoms with E-state index in [0.29, 0.717) is 17.6 Å². The number of hydrogen-bond donors (Lipinski definition) is 1. The van der Waals surface area contributed by atoms with Gasteiger partial charge in [0.2, 0.25) is 11.9 Å². The van der Waals surface area contributed by atoms with Crippen molar-refractivity contribution in [3.8, 4) is 5.69 Å². The van der Waals surface area contributed by atoms with E-state index in [9.17, 15) is 9.59 Å². The smallest absolute Gasteiger partial charge is 0.359 e. The number of halogens is 1. The van der Waals surface area contributed by atoms with Crippen LogP contribution in [0.25, 0.3) is 5.69 Å². The summed E-state index contributed by atoms with van der Waals surface area (Å²) in [4.78, 5) is 33.9. The van der Waals surface area contributed by atoms with Gasteiger partial charge in [-0.2, -0.15) is 4.98 Å². The molecule has 4 rings (SSSR count). The van der Waals surface area contributed by atoms with Crippen molar-refractivity contribution in [3.63, 3.8) is 0 Å². The van der Waals surface area contributed by atoms with Crippen LogP contribution in [0.5, 0.6) is 0 Å². The summed E-state index contributed by atoms with van der Waals surface area (Å²) in [7, 11) is 3.71. The number of anilines is 2. The Morgan fingerprint density at radius 2 is 1.75 bits per heavy atom. The van der Waals surface area contributed by atoms with Crippen LogP contribution in [0.1, 0.15) is 61.5 Å². The van der Waals surface area contributed by atoms with E-state index in [2.05, 4.69) is 5.32 Å². The standard InChI is InChI=1S/C28H33ClN4O3/c1-4-5-19-36-25(34)23-24(31-27(32(2)3)33(23)22-11-7-6-8-12-22)30-26(35)28(17-9-10-18-28)20-13-15-21(29)16-14-20/h6-8,11-16H,4-5,9-10,17-19H2,1-3H3,(H,30,35). The number of esters is 1.